The summed E-state index contributed by atoms with van der Waals surface area (Å²) >= 11 is 5.84. The minimum absolute atomic E-state index is 0.0286. The Labute approximate surface area is 147 Å². The van der Waals surface area contributed by atoms with E-state index in [4.69, 9.17) is 11.6 Å². The van der Waals surface area contributed by atoms with Gasteiger partial charge in [0, 0.05) is 17.2 Å². The summed E-state index contributed by atoms with van der Waals surface area (Å²) in [5, 5.41) is 7.13. The molecule has 0 aliphatic rings. The summed E-state index contributed by atoms with van der Waals surface area (Å²) in [5.41, 5.74) is 2.27. The fraction of sp³-hybridized carbons (Fsp3) is 0.0556. The monoisotopic (exact) mass is 359 g/mol. The second kappa shape index (κ2) is 7.81. The molecule has 0 unspecified atom stereocenters. The highest BCUT2D eigenvalue weighted by Gasteiger charge is 2.15. The van der Waals surface area contributed by atoms with E-state index < -0.39 is 6.61 Å². The van der Waals surface area contributed by atoms with Crippen LogP contribution < -0.4 is 4.74 Å². The number of hydrogen-bond acceptors (Lipinski definition) is 4. The molecule has 1 heterocycles. The Morgan fingerprint density at radius 1 is 0.920 bits per heavy atom. The predicted molar refractivity (Wildman–Crippen MR) is 91.9 cm³/mol. The van der Waals surface area contributed by atoms with Crippen molar-refractivity contribution in [2.24, 2.45) is 4.99 Å². The third-order valence-corrected chi connectivity index (χ3v) is 3.42. The number of ether oxygens (including phenoxy) is 1. The van der Waals surface area contributed by atoms with Gasteiger partial charge in [-0.15, -0.1) is 10.2 Å². The smallest absolute Gasteiger partial charge is 0.388 e. The number of aromatic nitrogens is 2. The van der Waals surface area contributed by atoms with Gasteiger partial charge in [0.2, 0.25) is 0 Å². The van der Waals surface area contributed by atoms with E-state index in [2.05, 4.69) is 19.9 Å². The first-order valence-corrected chi connectivity index (χ1v) is 7.69. The number of benzene rings is 2. The average molecular weight is 360 g/mol. The van der Waals surface area contributed by atoms with Crippen LogP contribution in [0, 0.1) is 0 Å². The maximum atomic E-state index is 12.6. The summed E-state index contributed by atoms with van der Waals surface area (Å²) in [6.45, 7) is -3.04. The van der Waals surface area contributed by atoms with E-state index in [1.807, 2.05) is 60.7 Å². The first-order valence-electron chi connectivity index (χ1n) is 7.31. The van der Waals surface area contributed by atoms with Crippen LogP contribution in [-0.4, -0.2) is 22.5 Å². The largest absolute Gasteiger partial charge is 0.413 e. The summed E-state index contributed by atoms with van der Waals surface area (Å²) < 4.78 is 29.6. The Balaban J connectivity index is 2.15. The van der Waals surface area contributed by atoms with E-state index in [-0.39, 0.29) is 16.7 Å². The number of alkyl halides is 2. The lowest BCUT2D eigenvalue weighted by Crippen LogP contribution is -2.06. The van der Waals surface area contributed by atoms with Crippen molar-refractivity contribution in [3.63, 3.8) is 0 Å². The van der Waals surface area contributed by atoms with Gasteiger partial charge in [0.05, 0.1) is 5.71 Å². The zero-order valence-corrected chi connectivity index (χ0v) is 13.6. The number of aliphatic imine (C=N–C) groups is 1. The average Bonchev–Trinajstić information content (AvgIpc) is 2.63. The van der Waals surface area contributed by atoms with Crippen LogP contribution in [0.25, 0.3) is 0 Å². The highest BCUT2D eigenvalue weighted by Crippen LogP contribution is 2.29. The Hall–Kier alpha value is -2.86. The van der Waals surface area contributed by atoms with Crippen molar-refractivity contribution in [1.29, 1.82) is 0 Å². The Morgan fingerprint density at radius 2 is 1.48 bits per heavy atom. The molecule has 0 fully saturated rings. The molecule has 0 spiro atoms. The van der Waals surface area contributed by atoms with E-state index in [1.165, 1.54) is 6.07 Å². The van der Waals surface area contributed by atoms with Gasteiger partial charge in [-0.25, -0.2) is 4.99 Å². The molecular formula is C18H12ClF2N3O. The first-order chi connectivity index (χ1) is 12.1. The molecule has 0 bridgehead atoms. The molecule has 2 aromatic carbocycles. The van der Waals surface area contributed by atoms with E-state index in [9.17, 15) is 8.78 Å². The Morgan fingerprint density at radius 3 is 2.00 bits per heavy atom. The van der Waals surface area contributed by atoms with Crippen molar-refractivity contribution in [3.05, 3.63) is 83.0 Å². The van der Waals surface area contributed by atoms with Gasteiger partial charge in [-0.2, -0.15) is 8.78 Å². The molecule has 3 rings (SSSR count). The quantitative estimate of drug-likeness (QED) is 0.609. The molecule has 4 nitrogen and oxygen atoms in total. The summed E-state index contributed by atoms with van der Waals surface area (Å²) in [5.74, 6) is -0.385. The maximum Gasteiger partial charge on any atom is 0.388 e. The minimum atomic E-state index is -3.04. The lowest BCUT2D eigenvalue weighted by molar-refractivity contribution is -0.0529. The van der Waals surface area contributed by atoms with Crippen molar-refractivity contribution in [1.82, 2.24) is 10.2 Å². The molecule has 0 amide bonds. The second-order valence-electron chi connectivity index (χ2n) is 4.93. The van der Waals surface area contributed by atoms with Gasteiger partial charge in [0.1, 0.15) is 5.69 Å². The molecule has 7 heteroatoms. The van der Waals surface area contributed by atoms with Gasteiger partial charge in [0.25, 0.3) is 5.88 Å². The van der Waals surface area contributed by atoms with Gasteiger partial charge in [-0.05, 0) is 0 Å². The van der Waals surface area contributed by atoms with Crippen LogP contribution in [0.5, 0.6) is 5.88 Å². The molecule has 25 heavy (non-hydrogen) atoms. The topological polar surface area (TPSA) is 47.4 Å². The van der Waals surface area contributed by atoms with Gasteiger partial charge in [-0.3, -0.25) is 0 Å². The highest BCUT2D eigenvalue weighted by molar-refractivity contribution is 6.29. The summed E-state index contributed by atoms with van der Waals surface area (Å²) in [4.78, 5) is 4.48. The molecule has 3 aromatic rings. The molecule has 0 N–H and O–H groups in total. The van der Waals surface area contributed by atoms with Crippen molar-refractivity contribution in [2.75, 3.05) is 0 Å². The van der Waals surface area contributed by atoms with Gasteiger partial charge in [0.15, 0.2) is 5.15 Å². The first kappa shape index (κ1) is 17.0. The fourth-order valence-corrected chi connectivity index (χ4v) is 2.35. The van der Waals surface area contributed by atoms with Crippen LogP contribution in [0.2, 0.25) is 5.15 Å². The summed E-state index contributed by atoms with van der Waals surface area (Å²) in [6.07, 6.45) is 0. The normalized spacial score (nSPS) is 10.6. The Bertz CT molecular complexity index is 833. The molecule has 1 aromatic heterocycles. The van der Waals surface area contributed by atoms with E-state index >= 15 is 0 Å². The van der Waals surface area contributed by atoms with Crippen LogP contribution in [0.4, 0.5) is 14.5 Å². The minimum Gasteiger partial charge on any atom is -0.413 e. The predicted octanol–water partition coefficient (Wildman–Crippen LogP) is 4.90. The summed E-state index contributed by atoms with van der Waals surface area (Å²) in [7, 11) is 0. The zero-order chi connectivity index (χ0) is 17.6. The van der Waals surface area contributed by atoms with Crippen LogP contribution in [0.3, 0.4) is 0 Å². The summed E-state index contributed by atoms with van der Waals surface area (Å²) in [6, 6.07) is 20.0. The van der Waals surface area contributed by atoms with Crippen LogP contribution in [-0.2, 0) is 0 Å². The molecule has 0 saturated carbocycles. The van der Waals surface area contributed by atoms with E-state index in [1.54, 1.807) is 0 Å². The number of hydrogen-bond donors (Lipinski definition) is 0. The van der Waals surface area contributed by atoms with Crippen molar-refractivity contribution in [3.8, 4) is 5.88 Å². The number of halogens is 3. The third kappa shape index (κ3) is 4.36. The van der Waals surface area contributed by atoms with Crippen molar-refractivity contribution < 1.29 is 13.5 Å². The standard InChI is InChI=1S/C18H12ClF2N3O/c19-15-11-14(17(24-23-15)25-18(20)21)22-16(12-7-3-1-4-8-12)13-9-5-2-6-10-13/h1-11,18H. The zero-order valence-electron chi connectivity index (χ0n) is 12.8. The van der Waals surface area contributed by atoms with Gasteiger partial charge >= 0.3 is 6.61 Å². The Kier molecular flexibility index (Phi) is 5.30. The molecule has 0 atom stereocenters. The van der Waals surface area contributed by atoms with Crippen molar-refractivity contribution >= 4 is 23.0 Å². The van der Waals surface area contributed by atoms with Gasteiger partial charge < -0.3 is 4.74 Å². The van der Waals surface area contributed by atoms with Crippen LogP contribution in [0.15, 0.2) is 71.7 Å². The fourth-order valence-electron chi connectivity index (χ4n) is 2.20. The lowest BCUT2D eigenvalue weighted by Gasteiger charge is -2.10. The lowest BCUT2D eigenvalue weighted by atomic mass is 10.0. The number of rotatable bonds is 5. The molecule has 126 valence electrons. The van der Waals surface area contributed by atoms with Crippen molar-refractivity contribution in [2.45, 2.75) is 6.61 Å². The van der Waals surface area contributed by atoms with Crippen LogP contribution in [0.1, 0.15) is 11.1 Å². The molecule has 0 saturated heterocycles. The molecule has 0 aliphatic carbocycles. The third-order valence-electron chi connectivity index (χ3n) is 3.24. The molecular weight excluding hydrogens is 348 g/mol. The molecule has 0 aliphatic heterocycles. The molecule has 0 radical (unpaired) electrons. The van der Waals surface area contributed by atoms with E-state index in [0.29, 0.717) is 5.71 Å². The van der Waals surface area contributed by atoms with E-state index in [0.717, 1.165) is 11.1 Å². The second-order valence-corrected chi connectivity index (χ2v) is 5.32. The SMILES string of the molecule is FC(F)Oc1nnc(Cl)cc1N=C(c1ccccc1)c1ccccc1. The maximum absolute atomic E-state index is 12.6. The van der Waals surface area contributed by atoms with Gasteiger partial charge in [-0.1, -0.05) is 72.3 Å². The number of nitrogens with zero attached hydrogens (tertiary/aromatic N) is 3. The van der Waals surface area contributed by atoms with Crippen LogP contribution >= 0.6 is 11.6 Å². The highest BCUT2D eigenvalue weighted by atomic mass is 35.5.